The van der Waals surface area contributed by atoms with Crippen LogP contribution in [-0.2, 0) is 37.5 Å². The topological polar surface area (TPSA) is 125 Å². The number of allylic oxidation sites excluding steroid dienone is 1. The van der Waals surface area contributed by atoms with Crippen molar-refractivity contribution >= 4 is 40.0 Å². The summed E-state index contributed by atoms with van der Waals surface area (Å²) in [6.07, 6.45) is 0.0478. The van der Waals surface area contributed by atoms with Gasteiger partial charge in [0.2, 0.25) is 5.78 Å². The van der Waals surface area contributed by atoms with Gasteiger partial charge in [-0.3, -0.25) is 19.2 Å². The van der Waals surface area contributed by atoms with E-state index in [-0.39, 0.29) is 35.4 Å². The molecule has 2 aliphatic heterocycles. The van der Waals surface area contributed by atoms with Gasteiger partial charge >= 0.3 is 5.97 Å². The Hall–Kier alpha value is -1.93. The van der Waals surface area contributed by atoms with Gasteiger partial charge in [-0.15, -0.1) is 0 Å². The summed E-state index contributed by atoms with van der Waals surface area (Å²) in [6.45, 7) is 18.5. The average molecular weight is 643 g/mol. The van der Waals surface area contributed by atoms with Crippen molar-refractivity contribution in [2.24, 2.45) is 33.5 Å². The molecule has 0 aromatic carbocycles. The minimum Gasteiger partial charge on any atom is -0.493 e. The third-order valence-corrected chi connectivity index (χ3v) is 14.2. The van der Waals surface area contributed by atoms with Gasteiger partial charge in [-0.1, -0.05) is 20.8 Å². The van der Waals surface area contributed by atoms with Gasteiger partial charge in [-0.25, -0.2) is 0 Å². The van der Waals surface area contributed by atoms with Crippen molar-refractivity contribution in [2.45, 2.75) is 116 Å². The molecule has 0 amide bonds. The molecule has 1 N–H and O–H groups in total. The number of aliphatic carboxylic acids is 1. The summed E-state index contributed by atoms with van der Waals surface area (Å²) in [5.41, 5.74) is -2.99. The Morgan fingerprint density at radius 3 is 2.18 bits per heavy atom. The number of carbonyl (C=O) groups is 4. The number of carbonyl (C=O) groups excluding carboxylic acids is 3. The molecule has 0 radical (unpaired) electrons. The molecule has 6 fully saturated rings. The molecule has 44 heavy (non-hydrogen) atoms. The van der Waals surface area contributed by atoms with Crippen LogP contribution < -0.4 is 0 Å². The smallest absolute Gasteiger partial charge is 0.306 e. The number of hydrogen-bond acceptors (Lipinski definition) is 8. The number of methoxy groups -OCH3 is 1. The number of Topliss-reactive ketones (excluding diaryl/α,β-unsaturated/α-hetero) is 3. The highest BCUT2D eigenvalue weighted by atomic mass is 28.4. The molecular weight excluding hydrogens is 597 g/mol. The Labute approximate surface area is 261 Å². The first-order valence-electron chi connectivity index (χ1n) is 16.1. The normalized spacial score (nSPS) is 45.1. The zero-order valence-electron chi connectivity index (χ0n) is 27.6. The zero-order valence-corrected chi connectivity index (χ0v) is 29.6. The van der Waals surface area contributed by atoms with Gasteiger partial charge in [0.15, 0.2) is 34.0 Å². The van der Waals surface area contributed by atoms with E-state index in [2.05, 4.69) is 46.2 Å². The SMILES string of the molecule is COC1=C2C(C)(C)[C@H]3O[C@@]2(CC3=O)[C@@H](O[Si](C)(C)C)C2=C(C1=O)[C@@]13C(=O)[C@@]([C@@H]4C[C@H]4C(=O)O)(C[C@@H]1O[Si](C)(C)C)[C@]3(C)CC2. The van der Waals surface area contributed by atoms with Crippen molar-refractivity contribution in [2.75, 3.05) is 7.11 Å². The molecule has 0 unspecified atom stereocenters. The molecule has 2 spiro atoms. The number of hydrogen-bond donors (Lipinski definition) is 1. The highest BCUT2D eigenvalue weighted by Crippen LogP contribution is 2.87. The molecule has 9 atom stereocenters. The molecular formula is C33H46O9Si2. The van der Waals surface area contributed by atoms with E-state index in [4.69, 9.17) is 18.3 Å². The first-order valence-corrected chi connectivity index (χ1v) is 22.9. The average Bonchev–Trinajstić information content (AvgIpc) is 3.43. The minimum absolute atomic E-state index is 0.0123. The van der Waals surface area contributed by atoms with E-state index < -0.39 is 74.1 Å². The molecule has 8 aliphatic rings. The quantitative estimate of drug-likeness (QED) is 0.389. The fraction of sp³-hybridized carbons (Fsp3) is 0.758. The van der Waals surface area contributed by atoms with E-state index >= 15 is 9.59 Å². The maximum Gasteiger partial charge on any atom is 0.306 e. The zero-order chi connectivity index (χ0) is 32.4. The van der Waals surface area contributed by atoms with Crippen LogP contribution in [0.1, 0.15) is 52.9 Å². The Kier molecular flexibility index (Phi) is 5.94. The number of carboxylic acids is 1. The van der Waals surface area contributed by atoms with E-state index in [9.17, 15) is 14.7 Å². The first kappa shape index (κ1) is 30.7. The van der Waals surface area contributed by atoms with E-state index in [0.717, 1.165) is 5.57 Å². The Balaban J connectivity index is 1.52. The maximum atomic E-state index is 15.2. The molecule has 4 bridgehead atoms. The summed E-state index contributed by atoms with van der Waals surface area (Å²) in [5.74, 6) is -1.95. The Morgan fingerprint density at radius 2 is 1.64 bits per heavy atom. The lowest BCUT2D eigenvalue weighted by molar-refractivity contribution is -0.189. The van der Waals surface area contributed by atoms with E-state index in [0.29, 0.717) is 36.8 Å². The number of ketones is 3. The molecule has 2 saturated heterocycles. The van der Waals surface area contributed by atoms with Crippen molar-refractivity contribution in [3.05, 3.63) is 22.5 Å². The number of rotatable bonds is 7. The van der Waals surface area contributed by atoms with Crippen LogP contribution in [0.4, 0.5) is 0 Å². The molecule has 6 aliphatic carbocycles. The van der Waals surface area contributed by atoms with E-state index in [1.165, 1.54) is 7.11 Å². The highest BCUT2D eigenvalue weighted by molar-refractivity contribution is 6.70. The van der Waals surface area contributed by atoms with Gasteiger partial charge in [-0.05, 0) is 76.5 Å². The van der Waals surface area contributed by atoms with Crippen molar-refractivity contribution in [3.8, 4) is 0 Å². The van der Waals surface area contributed by atoms with Crippen LogP contribution in [0, 0.1) is 33.5 Å². The highest BCUT2D eigenvalue weighted by Gasteiger charge is 2.92. The van der Waals surface area contributed by atoms with Crippen LogP contribution >= 0.6 is 0 Å². The van der Waals surface area contributed by atoms with Gasteiger partial charge in [0.1, 0.15) is 17.8 Å². The summed E-state index contributed by atoms with van der Waals surface area (Å²) < 4.78 is 26.7. The molecule has 4 saturated carbocycles. The lowest BCUT2D eigenvalue weighted by Crippen LogP contribution is -2.72. The number of carboxylic acid groups (broad SMARTS) is 1. The van der Waals surface area contributed by atoms with Crippen molar-refractivity contribution in [3.63, 3.8) is 0 Å². The fourth-order valence-corrected chi connectivity index (χ4v) is 13.2. The monoisotopic (exact) mass is 642 g/mol. The van der Waals surface area contributed by atoms with E-state index in [1.54, 1.807) is 0 Å². The van der Waals surface area contributed by atoms with Crippen molar-refractivity contribution in [1.82, 2.24) is 0 Å². The minimum atomic E-state index is -2.33. The third-order valence-electron chi connectivity index (χ3n) is 12.3. The second-order valence-electron chi connectivity index (χ2n) is 17.2. The molecule has 8 rings (SSSR count). The largest absolute Gasteiger partial charge is 0.493 e. The van der Waals surface area contributed by atoms with Crippen LogP contribution in [0.5, 0.6) is 0 Å². The summed E-state index contributed by atoms with van der Waals surface area (Å²) in [5, 5.41) is 9.95. The Bertz CT molecular complexity index is 1510. The van der Waals surface area contributed by atoms with Gasteiger partial charge < -0.3 is 23.4 Å². The van der Waals surface area contributed by atoms with Gasteiger partial charge in [0, 0.05) is 33.8 Å². The van der Waals surface area contributed by atoms with Crippen molar-refractivity contribution in [1.29, 1.82) is 0 Å². The van der Waals surface area contributed by atoms with Gasteiger partial charge in [0.05, 0.1) is 24.5 Å². The van der Waals surface area contributed by atoms with Crippen LogP contribution in [0.3, 0.4) is 0 Å². The lowest BCUT2D eigenvalue weighted by Gasteiger charge is -2.66. The maximum absolute atomic E-state index is 15.2. The van der Waals surface area contributed by atoms with Gasteiger partial charge in [0.25, 0.3) is 0 Å². The second-order valence-corrected chi connectivity index (χ2v) is 26.1. The fourth-order valence-electron chi connectivity index (χ4n) is 11.1. The summed E-state index contributed by atoms with van der Waals surface area (Å²) in [6, 6.07) is 0. The van der Waals surface area contributed by atoms with Crippen LogP contribution in [0.2, 0.25) is 39.3 Å². The summed E-state index contributed by atoms with van der Waals surface area (Å²) in [4.78, 5) is 56.0. The Morgan fingerprint density at radius 1 is 1.00 bits per heavy atom. The molecule has 0 aromatic rings. The molecule has 0 aromatic heterocycles. The van der Waals surface area contributed by atoms with Crippen LogP contribution in [-0.4, -0.2) is 76.1 Å². The number of ether oxygens (including phenoxy) is 2. The predicted molar refractivity (Wildman–Crippen MR) is 165 cm³/mol. The van der Waals surface area contributed by atoms with Crippen LogP contribution in [0.25, 0.3) is 0 Å². The summed E-state index contributed by atoms with van der Waals surface area (Å²) in [7, 11) is -3.09. The van der Waals surface area contributed by atoms with Crippen LogP contribution in [0.15, 0.2) is 22.5 Å². The molecule has 2 heterocycles. The van der Waals surface area contributed by atoms with Gasteiger partial charge in [-0.2, -0.15) is 0 Å². The predicted octanol–water partition coefficient (Wildman–Crippen LogP) is 4.82. The molecule has 11 heteroatoms. The molecule has 240 valence electrons. The standard InChI is InChI=1S/C33H46O9Si2/c1-29(2)24-23(39-4)22(35)21-16(25(42-44(8,9)10)32(24)14-19(34)26(29)40-32)11-12-30(3)31(18-13-17(18)27(36)37)15-20(41-43(5,6)7)33(21,30)28(31)38/h17-18,20,25-26H,11-15H2,1-10H3,(H,36,37)/t17-,18-,20+,25+,26+,30+,31+,32-,33-/m1/s1. The number of fused-ring (bicyclic) bond motifs is 2. The second kappa shape index (κ2) is 8.50. The first-order chi connectivity index (χ1) is 20.2. The van der Waals surface area contributed by atoms with E-state index in [1.807, 2.05) is 13.8 Å². The van der Waals surface area contributed by atoms with Crippen molar-refractivity contribution < 1.29 is 42.6 Å². The lowest BCUT2D eigenvalue weighted by atomic mass is 9.34. The summed E-state index contributed by atoms with van der Waals surface area (Å²) >= 11 is 0. The third kappa shape index (κ3) is 3.26. The molecule has 9 nitrogen and oxygen atoms in total.